The molecule has 7 nitrogen and oxygen atoms in total. The van der Waals surface area contributed by atoms with Crippen LogP contribution in [0.4, 0.5) is 0 Å². The normalized spacial score (nSPS) is 10.4. The molecule has 3 N–H and O–H groups in total. The molecule has 0 spiro atoms. The Hall–Kier alpha value is -2.74. The molecule has 0 bridgehead atoms. The van der Waals surface area contributed by atoms with Gasteiger partial charge in [-0.05, 0) is 24.5 Å². The molecule has 8 heteroatoms. The molecule has 144 valence electrons. The second-order valence-electron chi connectivity index (χ2n) is 6.02. The summed E-state index contributed by atoms with van der Waals surface area (Å²) in [5.41, 5.74) is 1.73. The highest BCUT2D eigenvalue weighted by Crippen LogP contribution is 2.24. The number of hydrogen-bond acceptors (Lipinski definition) is 5. The molecule has 2 aromatic rings. The predicted molar refractivity (Wildman–Crippen MR) is 104 cm³/mol. The Kier molecular flexibility index (Phi) is 7.94. The maximum Gasteiger partial charge on any atom is 0.355 e. The molecule has 0 unspecified atom stereocenters. The zero-order chi connectivity index (χ0) is 19.6. The van der Waals surface area contributed by atoms with Crippen LogP contribution in [0.5, 0.6) is 0 Å². The van der Waals surface area contributed by atoms with Crippen molar-refractivity contribution in [2.45, 2.75) is 39.2 Å². The third-order valence-electron chi connectivity index (χ3n) is 3.77. The zero-order valence-corrected chi connectivity index (χ0v) is 16.0. The second-order valence-corrected chi connectivity index (χ2v) is 6.88. The molecule has 0 aliphatic rings. The summed E-state index contributed by atoms with van der Waals surface area (Å²) in [6, 6.07) is 7.46. The number of thiazole rings is 1. The third kappa shape index (κ3) is 6.82. The molecule has 0 saturated heterocycles. The van der Waals surface area contributed by atoms with Gasteiger partial charge in [0.1, 0.15) is 5.01 Å². The molecular weight excluding hydrogens is 366 g/mol. The van der Waals surface area contributed by atoms with E-state index in [9.17, 15) is 14.4 Å². The number of carboxylic acids is 1. The number of amides is 2. The lowest BCUT2D eigenvalue weighted by Crippen LogP contribution is -2.25. The van der Waals surface area contributed by atoms with Crippen LogP contribution in [0.3, 0.4) is 0 Å². The number of aromatic nitrogens is 1. The van der Waals surface area contributed by atoms with Crippen molar-refractivity contribution in [3.05, 3.63) is 40.9 Å². The van der Waals surface area contributed by atoms with Gasteiger partial charge < -0.3 is 15.7 Å². The molecule has 0 aliphatic carbocycles. The number of rotatable bonds is 10. The van der Waals surface area contributed by atoms with Crippen molar-refractivity contribution in [2.24, 2.45) is 0 Å². The Morgan fingerprint density at radius 2 is 1.89 bits per heavy atom. The van der Waals surface area contributed by atoms with Crippen LogP contribution in [-0.2, 0) is 16.1 Å². The molecule has 1 aromatic heterocycles. The van der Waals surface area contributed by atoms with Crippen LogP contribution in [0.15, 0.2) is 29.6 Å². The van der Waals surface area contributed by atoms with Crippen molar-refractivity contribution in [1.29, 1.82) is 0 Å². The minimum atomic E-state index is -1.05. The number of carboxylic acid groups (broad SMARTS) is 1. The molecule has 0 saturated carbocycles. The average Bonchev–Trinajstić information content (AvgIpc) is 3.15. The minimum Gasteiger partial charge on any atom is -0.476 e. The number of aromatic carboxylic acids is 1. The van der Waals surface area contributed by atoms with Gasteiger partial charge in [0.05, 0.1) is 0 Å². The van der Waals surface area contributed by atoms with E-state index in [0.29, 0.717) is 37.4 Å². The fourth-order valence-corrected chi connectivity index (χ4v) is 3.16. The highest BCUT2D eigenvalue weighted by atomic mass is 32.1. The summed E-state index contributed by atoms with van der Waals surface area (Å²) in [7, 11) is 0. The van der Waals surface area contributed by atoms with Crippen molar-refractivity contribution in [1.82, 2.24) is 15.6 Å². The van der Waals surface area contributed by atoms with Crippen LogP contribution in [0.1, 0.15) is 48.7 Å². The lowest BCUT2D eigenvalue weighted by atomic mass is 10.1. The number of carbonyl (C=O) groups excluding carboxylic acids is 2. The van der Waals surface area contributed by atoms with Crippen LogP contribution in [-0.4, -0.2) is 34.4 Å². The summed E-state index contributed by atoms with van der Waals surface area (Å²) in [6.45, 7) is 3.02. The first-order valence-electron chi connectivity index (χ1n) is 8.81. The molecule has 1 heterocycles. The van der Waals surface area contributed by atoms with Crippen LogP contribution in [0.2, 0.25) is 0 Å². The predicted octanol–water partition coefficient (Wildman–Crippen LogP) is 2.82. The van der Waals surface area contributed by atoms with Crippen molar-refractivity contribution in [2.75, 3.05) is 6.54 Å². The Morgan fingerprint density at radius 3 is 2.56 bits per heavy atom. The van der Waals surface area contributed by atoms with Gasteiger partial charge in [-0.2, -0.15) is 0 Å². The maximum absolute atomic E-state index is 11.9. The molecule has 0 aliphatic heterocycles. The van der Waals surface area contributed by atoms with Gasteiger partial charge >= 0.3 is 5.97 Å². The van der Waals surface area contributed by atoms with Gasteiger partial charge in [0.2, 0.25) is 11.8 Å². The molecule has 2 rings (SSSR count). The van der Waals surface area contributed by atoms with E-state index in [1.165, 1.54) is 16.7 Å². The molecule has 1 aromatic carbocycles. The largest absolute Gasteiger partial charge is 0.476 e. The Bertz CT molecular complexity index is 804. The van der Waals surface area contributed by atoms with Gasteiger partial charge in [-0.3, -0.25) is 9.59 Å². The average molecular weight is 389 g/mol. The van der Waals surface area contributed by atoms with Crippen molar-refractivity contribution < 1.29 is 19.5 Å². The van der Waals surface area contributed by atoms with Crippen molar-refractivity contribution >= 4 is 29.1 Å². The number of carbonyl (C=O) groups is 3. The van der Waals surface area contributed by atoms with Gasteiger partial charge in [-0.1, -0.05) is 25.1 Å². The quantitative estimate of drug-likeness (QED) is 0.579. The second kappa shape index (κ2) is 10.4. The van der Waals surface area contributed by atoms with Crippen LogP contribution in [0.25, 0.3) is 10.6 Å². The van der Waals surface area contributed by atoms with E-state index in [4.69, 9.17) is 5.11 Å². The minimum absolute atomic E-state index is 0.0247. The number of nitrogens with zero attached hydrogens (tertiary/aromatic N) is 1. The first-order valence-corrected chi connectivity index (χ1v) is 9.69. The monoisotopic (exact) mass is 389 g/mol. The lowest BCUT2D eigenvalue weighted by Gasteiger charge is -2.07. The molecule has 0 fully saturated rings. The van der Waals surface area contributed by atoms with Crippen LogP contribution < -0.4 is 10.6 Å². The van der Waals surface area contributed by atoms with Gasteiger partial charge in [0, 0.05) is 36.9 Å². The molecule has 2 amide bonds. The number of hydrogen-bond donors (Lipinski definition) is 3. The van der Waals surface area contributed by atoms with Crippen LogP contribution >= 0.6 is 11.3 Å². The van der Waals surface area contributed by atoms with E-state index in [0.717, 1.165) is 17.5 Å². The first kappa shape index (κ1) is 20.6. The van der Waals surface area contributed by atoms with E-state index in [2.05, 4.69) is 15.6 Å². The van der Waals surface area contributed by atoms with E-state index >= 15 is 0 Å². The maximum atomic E-state index is 11.9. The fourth-order valence-electron chi connectivity index (χ4n) is 2.37. The summed E-state index contributed by atoms with van der Waals surface area (Å²) < 4.78 is 0. The Balaban J connectivity index is 1.81. The summed E-state index contributed by atoms with van der Waals surface area (Å²) >= 11 is 1.27. The summed E-state index contributed by atoms with van der Waals surface area (Å²) in [5.74, 6) is -1.18. The zero-order valence-electron chi connectivity index (χ0n) is 15.2. The molecule has 0 atom stereocenters. The molecule has 0 radical (unpaired) electrons. The smallest absolute Gasteiger partial charge is 0.355 e. The Morgan fingerprint density at radius 1 is 1.15 bits per heavy atom. The Labute approximate surface area is 161 Å². The lowest BCUT2D eigenvalue weighted by molar-refractivity contribution is -0.122. The molecular formula is C19H23N3O4S. The SMILES string of the molecule is CCCNC(=O)CCCC(=O)NCc1cccc(-c2nc(C(=O)O)cs2)c1. The van der Waals surface area contributed by atoms with Gasteiger partial charge in [-0.25, -0.2) is 9.78 Å². The highest BCUT2D eigenvalue weighted by Gasteiger charge is 2.11. The van der Waals surface area contributed by atoms with Crippen LogP contribution in [0, 0.1) is 0 Å². The van der Waals surface area contributed by atoms with E-state index < -0.39 is 5.97 Å². The first-order chi connectivity index (χ1) is 13.0. The van der Waals surface area contributed by atoms with Gasteiger partial charge in [0.25, 0.3) is 0 Å². The molecule has 27 heavy (non-hydrogen) atoms. The summed E-state index contributed by atoms with van der Waals surface area (Å²) in [4.78, 5) is 38.5. The van der Waals surface area contributed by atoms with Crippen molar-refractivity contribution in [3.63, 3.8) is 0 Å². The van der Waals surface area contributed by atoms with E-state index in [1.807, 2.05) is 31.2 Å². The number of benzene rings is 1. The van der Waals surface area contributed by atoms with Gasteiger partial charge in [0.15, 0.2) is 5.69 Å². The summed E-state index contributed by atoms with van der Waals surface area (Å²) in [5, 5.41) is 16.7. The van der Waals surface area contributed by atoms with E-state index in [1.54, 1.807) is 0 Å². The third-order valence-corrected chi connectivity index (χ3v) is 4.66. The standard InChI is InChI=1S/C19H23N3O4S/c1-2-9-20-16(23)7-4-8-17(24)21-11-13-5-3-6-14(10-13)18-22-15(12-27-18)19(25)26/h3,5-6,10,12H,2,4,7-9,11H2,1H3,(H,20,23)(H,21,24)(H,25,26). The topological polar surface area (TPSA) is 108 Å². The number of nitrogens with one attached hydrogen (secondary N) is 2. The van der Waals surface area contributed by atoms with Gasteiger partial charge in [-0.15, -0.1) is 11.3 Å². The highest BCUT2D eigenvalue weighted by molar-refractivity contribution is 7.13. The summed E-state index contributed by atoms with van der Waals surface area (Å²) in [6.07, 6.45) is 2.05. The van der Waals surface area contributed by atoms with E-state index in [-0.39, 0.29) is 17.5 Å². The fraction of sp³-hybridized carbons (Fsp3) is 0.368. The van der Waals surface area contributed by atoms with Crippen molar-refractivity contribution in [3.8, 4) is 10.6 Å².